The van der Waals surface area contributed by atoms with Gasteiger partial charge in [-0.1, -0.05) is 0 Å². The van der Waals surface area contributed by atoms with Gasteiger partial charge in [0.05, 0.1) is 18.2 Å². The van der Waals surface area contributed by atoms with Crippen molar-refractivity contribution in [3.8, 4) is 5.88 Å². The van der Waals surface area contributed by atoms with E-state index in [9.17, 15) is 13.2 Å². The molecule has 0 amide bonds. The minimum atomic E-state index is -4.11. The highest BCUT2D eigenvalue weighted by Crippen LogP contribution is 2.50. The lowest BCUT2D eigenvalue weighted by atomic mass is 10.3. The van der Waals surface area contributed by atoms with E-state index in [1.807, 2.05) is 0 Å². The monoisotopic (exact) mass is 287 g/mol. The zero-order valence-corrected chi connectivity index (χ0v) is 10.9. The van der Waals surface area contributed by atoms with E-state index in [4.69, 9.17) is 10.5 Å². The van der Waals surface area contributed by atoms with Crippen molar-refractivity contribution in [2.45, 2.75) is 37.9 Å². The Morgan fingerprint density at radius 1 is 1.30 bits per heavy atom. The molecule has 3 rings (SSSR count). The zero-order valence-electron chi connectivity index (χ0n) is 10.9. The van der Waals surface area contributed by atoms with Gasteiger partial charge in [0.15, 0.2) is 0 Å². The van der Waals surface area contributed by atoms with Gasteiger partial charge in [-0.2, -0.15) is 18.2 Å². The Balaban J connectivity index is 1.61. The lowest BCUT2D eigenvalue weighted by Crippen LogP contribution is -2.15. The van der Waals surface area contributed by atoms with Crippen molar-refractivity contribution in [1.29, 1.82) is 0 Å². The first-order chi connectivity index (χ1) is 9.47. The molecule has 0 aromatic carbocycles. The number of nitrogens with zero attached hydrogens (tertiary/aromatic N) is 2. The minimum Gasteiger partial charge on any atom is -0.477 e. The molecular weight excluding hydrogens is 271 g/mol. The number of hydrogen-bond acceptors (Lipinski definition) is 4. The molecule has 20 heavy (non-hydrogen) atoms. The first-order valence-corrected chi connectivity index (χ1v) is 6.75. The summed E-state index contributed by atoms with van der Waals surface area (Å²) in [4.78, 5) is 8.57. The van der Waals surface area contributed by atoms with Gasteiger partial charge in [-0.15, -0.1) is 0 Å². The molecule has 2 atom stereocenters. The first-order valence-electron chi connectivity index (χ1n) is 6.75. The highest BCUT2D eigenvalue weighted by Gasteiger charge is 2.55. The molecular formula is C13H16F3N3O. The second-order valence-electron chi connectivity index (χ2n) is 5.49. The summed E-state index contributed by atoms with van der Waals surface area (Å²) in [7, 11) is 0. The number of halogens is 3. The average molecular weight is 287 g/mol. The number of alkyl halides is 3. The predicted octanol–water partition coefficient (Wildman–Crippen LogP) is 2.39. The second kappa shape index (κ2) is 4.87. The number of rotatable bonds is 5. The molecule has 2 N–H and O–H groups in total. The molecule has 0 radical (unpaired) electrons. The molecule has 1 aromatic heterocycles. The predicted molar refractivity (Wildman–Crippen MR) is 65.0 cm³/mol. The van der Waals surface area contributed by atoms with Crippen LogP contribution in [0.4, 0.5) is 13.2 Å². The lowest BCUT2D eigenvalue weighted by molar-refractivity contribution is -0.151. The maximum absolute atomic E-state index is 12.4. The fourth-order valence-corrected chi connectivity index (χ4v) is 2.22. The van der Waals surface area contributed by atoms with Crippen LogP contribution in [0.15, 0.2) is 6.07 Å². The highest BCUT2D eigenvalue weighted by molar-refractivity contribution is 5.20. The Morgan fingerprint density at radius 2 is 2.05 bits per heavy atom. The highest BCUT2D eigenvalue weighted by atomic mass is 19.4. The number of nitrogens with two attached hydrogens (primary N) is 1. The van der Waals surface area contributed by atoms with Gasteiger partial charge in [0.2, 0.25) is 5.88 Å². The summed E-state index contributed by atoms with van der Waals surface area (Å²) >= 11 is 0. The third kappa shape index (κ3) is 3.03. The van der Waals surface area contributed by atoms with E-state index in [1.54, 1.807) is 6.07 Å². The summed E-state index contributed by atoms with van der Waals surface area (Å²) in [5, 5.41) is 0. The van der Waals surface area contributed by atoms with Crippen LogP contribution in [0.5, 0.6) is 5.88 Å². The number of ether oxygens (including phenoxy) is 1. The molecule has 2 saturated carbocycles. The van der Waals surface area contributed by atoms with Gasteiger partial charge < -0.3 is 10.5 Å². The van der Waals surface area contributed by atoms with Crippen molar-refractivity contribution in [3.63, 3.8) is 0 Å². The van der Waals surface area contributed by atoms with E-state index in [1.165, 1.54) is 0 Å². The van der Waals surface area contributed by atoms with Crippen LogP contribution in [0.2, 0.25) is 0 Å². The lowest BCUT2D eigenvalue weighted by Gasteiger charge is -2.09. The van der Waals surface area contributed by atoms with Crippen molar-refractivity contribution in [3.05, 3.63) is 17.6 Å². The van der Waals surface area contributed by atoms with Gasteiger partial charge in [-0.3, -0.25) is 0 Å². The van der Waals surface area contributed by atoms with E-state index in [2.05, 4.69) is 9.97 Å². The summed E-state index contributed by atoms with van der Waals surface area (Å²) in [6.07, 6.45) is -1.87. The molecule has 0 bridgehead atoms. The van der Waals surface area contributed by atoms with E-state index < -0.39 is 18.0 Å². The largest absolute Gasteiger partial charge is 0.477 e. The standard InChI is InChI=1S/C13H16F3N3O/c14-13(15,16)10-3-8(10)6-20-11-4-9(5-17)18-12(19-11)7-1-2-7/h4,7-8,10H,1-3,5-6,17H2. The van der Waals surface area contributed by atoms with Crippen LogP contribution in [0.1, 0.15) is 36.7 Å². The SMILES string of the molecule is NCc1cc(OCC2CC2C(F)(F)F)nc(C2CC2)n1. The fraction of sp³-hybridized carbons (Fsp3) is 0.692. The molecule has 7 heteroatoms. The summed E-state index contributed by atoms with van der Waals surface area (Å²) < 4.78 is 42.7. The Labute approximate surface area is 114 Å². The van der Waals surface area contributed by atoms with Gasteiger partial charge in [0.1, 0.15) is 5.82 Å². The van der Waals surface area contributed by atoms with Crippen LogP contribution in [-0.2, 0) is 6.54 Å². The van der Waals surface area contributed by atoms with E-state index in [0.717, 1.165) is 12.8 Å². The maximum atomic E-state index is 12.4. The summed E-state index contributed by atoms with van der Waals surface area (Å²) in [5.41, 5.74) is 6.23. The Hall–Kier alpha value is -1.37. The van der Waals surface area contributed by atoms with E-state index in [0.29, 0.717) is 23.3 Å². The molecule has 2 fully saturated rings. The summed E-state index contributed by atoms with van der Waals surface area (Å²) in [6.45, 7) is 0.322. The molecule has 0 saturated heterocycles. The van der Waals surface area contributed by atoms with Crippen molar-refractivity contribution in [2.75, 3.05) is 6.61 Å². The quantitative estimate of drug-likeness (QED) is 0.903. The van der Waals surface area contributed by atoms with Crippen LogP contribution in [0.3, 0.4) is 0 Å². The zero-order chi connectivity index (χ0) is 14.3. The van der Waals surface area contributed by atoms with Crippen LogP contribution in [0, 0.1) is 11.8 Å². The normalized spacial score (nSPS) is 25.6. The molecule has 110 valence electrons. The van der Waals surface area contributed by atoms with Crippen molar-refractivity contribution in [1.82, 2.24) is 9.97 Å². The second-order valence-corrected chi connectivity index (χ2v) is 5.49. The first kappa shape index (κ1) is 13.6. The van der Waals surface area contributed by atoms with Crippen molar-refractivity contribution < 1.29 is 17.9 Å². The van der Waals surface area contributed by atoms with Crippen LogP contribution in [-0.4, -0.2) is 22.8 Å². The molecule has 1 aromatic rings. The van der Waals surface area contributed by atoms with Gasteiger partial charge in [0.25, 0.3) is 0 Å². The molecule has 0 aliphatic heterocycles. The molecule has 2 unspecified atom stereocenters. The van der Waals surface area contributed by atoms with Gasteiger partial charge >= 0.3 is 6.18 Å². The minimum absolute atomic E-state index is 0.0509. The van der Waals surface area contributed by atoms with Crippen molar-refractivity contribution >= 4 is 0 Å². The third-order valence-corrected chi connectivity index (χ3v) is 3.71. The summed E-state index contributed by atoms with van der Waals surface area (Å²) in [5.74, 6) is -0.272. The molecule has 4 nitrogen and oxygen atoms in total. The van der Waals surface area contributed by atoms with E-state index in [-0.39, 0.29) is 19.6 Å². The van der Waals surface area contributed by atoms with Crippen LogP contribution in [0.25, 0.3) is 0 Å². The Kier molecular flexibility index (Phi) is 3.32. The molecule has 1 heterocycles. The Bertz CT molecular complexity index is 502. The Morgan fingerprint density at radius 3 is 2.60 bits per heavy atom. The molecule has 0 spiro atoms. The number of hydrogen-bond donors (Lipinski definition) is 1. The molecule has 2 aliphatic carbocycles. The van der Waals surface area contributed by atoms with Gasteiger partial charge in [-0.05, 0) is 19.3 Å². The summed E-state index contributed by atoms with van der Waals surface area (Å²) in [6, 6.07) is 1.61. The van der Waals surface area contributed by atoms with Gasteiger partial charge in [0, 0.05) is 24.4 Å². The van der Waals surface area contributed by atoms with E-state index >= 15 is 0 Å². The smallest absolute Gasteiger partial charge is 0.392 e. The average Bonchev–Trinajstić information content (AvgIpc) is 3.27. The van der Waals surface area contributed by atoms with Crippen LogP contribution < -0.4 is 10.5 Å². The fourth-order valence-electron chi connectivity index (χ4n) is 2.22. The van der Waals surface area contributed by atoms with Crippen LogP contribution >= 0.6 is 0 Å². The topological polar surface area (TPSA) is 61.0 Å². The maximum Gasteiger partial charge on any atom is 0.392 e. The van der Waals surface area contributed by atoms with Crippen molar-refractivity contribution in [2.24, 2.45) is 17.6 Å². The number of aromatic nitrogens is 2. The molecule has 2 aliphatic rings. The third-order valence-electron chi connectivity index (χ3n) is 3.71. The van der Waals surface area contributed by atoms with Gasteiger partial charge in [-0.25, -0.2) is 4.98 Å².